The Morgan fingerprint density at radius 2 is 1.93 bits per heavy atom. The number of carbonyl (C=O) groups is 1. The molecule has 14 heavy (non-hydrogen) atoms. The summed E-state index contributed by atoms with van der Waals surface area (Å²) in [5.41, 5.74) is -2.94. The molecule has 2 aliphatic rings. The summed E-state index contributed by atoms with van der Waals surface area (Å²) in [6.07, 6.45) is 0.449. The van der Waals surface area contributed by atoms with Crippen LogP contribution in [0.25, 0.3) is 0 Å². The van der Waals surface area contributed by atoms with Gasteiger partial charge in [-0.1, -0.05) is 6.92 Å². The second kappa shape index (κ2) is 2.34. The van der Waals surface area contributed by atoms with Crippen LogP contribution >= 0.6 is 0 Å². The Labute approximate surface area is 80.7 Å². The lowest BCUT2D eigenvalue weighted by molar-refractivity contribution is -0.160. The molecule has 0 radical (unpaired) electrons. The van der Waals surface area contributed by atoms with Crippen molar-refractivity contribution in [2.24, 2.45) is 16.7 Å². The summed E-state index contributed by atoms with van der Waals surface area (Å²) in [6.45, 7) is 2.70. The molecule has 4 heteroatoms. The van der Waals surface area contributed by atoms with E-state index in [-0.39, 0.29) is 12.8 Å². The van der Waals surface area contributed by atoms with Gasteiger partial charge in [0.25, 0.3) is 5.92 Å². The Kier molecular flexibility index (Phi) is 1.67. The van der Waals surface area contributed by atoms with Crippen LogP contribution in [0.5, 0.6) is 0 Å². The molecule has 2 rings (SSSR count). The average Bonchev–Trinajstić information content (AvgIpc) is 2.37. The fourth-order valence-corrected chi connectivity index (χ4v) is 3.24. The predicted molar refractivity (Wildman–Crippen MR) is 44.6 cm³/mol. The van der Waals surface area contributed by atoms with E-state index >= 15 is 0 Å². The monoisotopic (exact) mass is 206 g/mol. The lowest BCUT2D eigenvalue weighted by Crippen LogP contribution is -2.44. The predicted octanol–water partition coefficient (Wildman–Crippen LogP) is 2.94. The first kappa shape index (κ1) is 9.99. The SMILES string of the molecule is CC12CC[C@H](CC1(F)F)[C@@]2(C)C(=O)F. The first-order valence-electron chi connectivity index (χ1n) is 4.83. The fraction of sp³-hybridized carbons (Fsp3) is 0.900. The second-order valence-electron chi connectivity index (χ2n) is 4.95. The van der Waals surface area contributed by atoms with Crippen molar-refractivity contribution in [3.63, 3.8) is 0 Å². The zero-order valence-electron chi connectivity index (χ0n) is 8.24. The van der Waals surface area contributed by atoms with Gasteiger partial charge in [0.05, 0.1) is 5.41 Å². The molecule has 2 fully saturated rings. The highest BCUT2D eigenvalue weighted by atomic mass is 19.3. The van der Waals surface area contributed by atoms with Crippen molar-refractivity contribution in [2.45, 2.75) is 39.0 Å². The van der Waals surface area contributed by atoms with Gasteiger partial charge in [0.2, 0.25) is 0 Å². The van der Waals surface area contributed by atoms with Gasteiger partial charge in [0.1, 0.15) is 0 Å². The average molecular weight is 206 g/mol. The minimum atomic E-state index is -2.90. The van der Waals surface area contributed by atoms with Gasteiger partial charge in [-0.25, -0.2) is 8.78 Å². The molecule has 0 aliphatic heterocycles. The third-order valence-corrected chi connectivity index (χ3v) is 4.67. The van der Waals surface area contributed by atoms with Gasteiger partial charge in [-0.05, 0) is 25.7 Å². The molecule has 2 aliphatic carbocycles. The Balaban J connectivity index is 2.53. The van der Waals surface area contributed by atoms with Gasteiger partial charge in [0.15, 0.2) is 0 Å². The highest BCUT2D eigenvalue weighted by Gasteiger charge is 2.75. The van der Waals surface area contributed by atoms with Crippen LogP contribution in [-0.2, 0) is 4.79 Å². The molecule has 0 aromatic carbocycles. The van der Waals surface area contributed by atoms with Crippen molar-refractivity contribution >= 4 is 6.04 Å². The van der Waals surface area contributed by atoms with Crippen molar-refractivity contribution in [2.75, 3.05) is 0 Å². The molecule has 0 aromatic heterocycles. The molecule has 0 heterocycles. The van der Waals surface area contributed by atoms with E-state index in [1.165, 1.54) is 13.8 Å². The molecule has 80 valence electrons. The quantitative estimate of drug-likeness (QED) is 0.603. The van der Waals surface area contributed by atoms with Crippen molar-refractivity contribution in [3.05, 3.63) is 0 Å². The largest absolute Gasteiger partial charge is 0.308 e. The van der Waals surface area contributed by atoms with Gasteiger partial charge in [-0.2, -0.15) is 4.39 Å². The van der Waals surface area contributed by atoms with Gasteiger partial charge in [0, 0.05) is 11.8 Å². The van der Waals surface area contributed by atoms with Crippen molar-refractivity contribution < 1.29 is 18.0 Å². The molecule has 2 bridgehead atoms. The Morgan fingerprint density at radius 1 is 1.36 bits per heavy atom. The lowest BCUT2D eigenvalue weighted by Gasteiger charge is -2.37. The van der Waals surface area contributed by atoms with E-state index in [1.54, 1.807) is 0 Å². The maximum Gasteiger partial charge on any atom is 0.308 e. The summed E-state index contributed by atoms with van der Waals surface area (Å²) < 4.78 is 40.1. The molecule has 0 N–H and O–H groups in total. The third-order valence-electron chi connectivity index (χ3n) is 4.67. The Morgan fingerprint density at radius 3 is 2.14 bits per heavy atom. The number of rotatable bonds is 1. The summed E-state index contributed by atoms with van der Waals surface area (Å²) >= 11 is 0. The smallest absolute Gasteiger partial charge is 0.261 e. The number of hydrogen-bond donors (Lipinski definition) is 0. The van der Waals surface area contributed by atoms with Crippen LogP contribution in [-0.4, -0.2) is 12.0 Å². The number of hydrogen-bond acceptors (Lipinski definition) is 1. The van der Waals surface area contributed by atoms with Crippen LogP contribution in [0.15, 0.2) is 0 Å². The first-order valence-corrected chi connectivity index (χ1v) is 4.83. The highest BCUT2D eigenvalue weighted by Crippen LogP contribution is 2.71. The lowest BCUT2D eigenvalue weighted by atomic mass is 9.68. The van der Waals surface area contributed by atoms with E-state index in [2.05, 4.69) is 0 Å². The highest BCUT2D eigenvalue weighted by molar-refractivity contribution is 5.78. The topological polar surface area (TPSA) is 17.1 Å². The third kappa shape index (κ3) is 0.766. The Bertz CT molecular complexity index is 302. The molecule has 1 nitrogen and oxygen atoms in total. The summed E-state index contributed by atoms with van der Waals surface area (Å²) in [4.78, 5) is 10.9. The molecule has 0 amide bonds. The minimum Gasteiger partial charge on any atom is -0.261 e. The normalized spacial score (nSPS) is 49.6. The first-order chi connectivity index (χ1) is 6.26. The maximum atomic E-state index is 13.6. The van der Waals surface area contributed by atoms with E-state index in [0.717, 1.165) is 0 Å². The van der Waals surface area contributed by atoms with Crippen molar-refractivity contribution in [3.8, 4) is 0 Å². The standard InChI is InChI=1S/C10H13F3O/c1-8-4-3-6(5-10(8,12)13)9(8,2)7(11)14/h6H,3-5H2,1-2H3/t6-,8?,9+/m1/s1. The number of fused-ring (bicyclic) bond motifs is 2. The van der Waals surface area contributed by atoms with Crippen LogP contribution in [0.3, 0.4) is 0 Å². The van der Waals surface area contributed by atoms with Crippen LogP contribution in [0.2, 0.25) is 0 Å². The summed E-state index contributed by atoms with van der Waals surface area (Å²) in [5, 5.41) is 0. The fourth-order valence-electron chi connectivity index (χ4n) is 3.24. The van der Waals surface area contributed by atoms with Gasteiger partial charge >= 0.3 is 6.04 Å². The molecular weight excluding hydrogens is 193 g/mol. The van der Waals surface area contributed by atoms with E-state index < -0.39 is 28.7 Å². The summed E-state index contributed by atoms with van der Waals surface area (Å²) in [7, 11) is 0. The van der Waals surface area contributed by atoms with E-state index in [4.69, 9.17) is 0 Å². The van der Waals surface area contributed by atoms with Crippen LogP contribution in [0, 0.1) is 16.7 Å². The van der Waals surface area contributed by atoms with Crippen molar-refractivity contribution in [1.29, 1.82) is 0 Å². The molecule has 2 saturated carbocycles. The van der Waals surface area contributed by atoms with E-state index in [1.807, 2.05) is 0 Å². The molecule has 0 aromatic rings. The second-order valence-corrected chi connectivity index (χ2v) is 4.95. The van der Waals surface area contributed by atoms with Gasteiger partial charge in [-0.15, -0.1) is 0 Å². The van der Waals surface area contributed by atoms with Crippen LogP contribution in [0.1, 0.15) is 33.1 Å². The van der Waals surface area contributed by atoms with Crippen LogP contribution in [0.4, 0.5) is 13.2 Å². The van der Waals surface area contributed by atoms with E-state index in [0.29, 0.717) is 6.42 Å². The maximum absolute atomic E-state index is 13.6. The molecule has 0 spiro atoms. The number of alkyl halides is 2. The molecule has 1 unspecified atom stereocenters. The zero-order valence-corrected chi connectivity index (χ0v) is 8.24. The zero-order chi connectivity index (χ0) is 10.8. The van der Waals surface area contributed by atoms with E-state index in [9.17, 15) is 18.0 Å². The summed E-state index contributed by atoms with van der Waals surface area (Å²) in [5.74, 6) is -3.38. The van der Waals surface area contributed by atoms with Gasteiger partial charge in [-0.3, -0.25) is 4.79 Å². The summed E-state index contributed by atoms with van der Waals surface area (Å²) in [6, 6.07) is -1.57. The van der Waals surface area contributed by atoms with Crippen molar-refractivity contribution in [1.82, 2.24) is 0 Å². The van der Waals surface area contributed by atoms with Gasteiger partial charge < -0.3 is 0 Å². The number of halogens is 3. The Hall–Kier alpha value is -0.540. The molecule has 0 saturated heterocycles. The molecule has 3 atom stereocenters. The number of carbonyl (C=O) groups excluding carboxylic acids is 1. The molecular formula is C10H13F3O. The minimum absolute atomic E-state index is 0.247. The van der Waals surface area contributed by atoms with Crippen LogP contribution < -0.4 is 0 Å².